The molecule has 3 aromatic rings. The third-order valence-corrected chi connectivity index (χ3v) is 4.60. The summed E-state index contributed by atoms with van der Waals surface area (Å²) < 4.78 is 29.9. The van der Waals surface area contributed by atoms with Gasteiger partial charge in [-0.05, 0) is 48.5 Å². The fourth-order valence-corrected chi connectivity index (χ4v) is 3.13. The lowest BCUT2D eigenvalue weighted by Gasteiger charge is -2.01. The van der Waals surface area contributed by atoms with E-state index in [4.69, 9.17) is 0 Å². The summed E-state index contributed by atoms with van der Waals surface area (Å²) in [5.41, 5.74) is 0.675. The molecule has 0 aliphatic carbocycles. The number of rotatable bonds is 5. The van der Waals surface area contributed by atoms with Crippen molar-refractivity contribution in [3.63, 3.8) is 0 Å². The molecule has 0 radical (unpaired) electrons. The van der Waals surface area contributed by atoms with Gasteiger partial charge in [-0.15, -0.1) is 11.8 Å². The maximum absolute atomic E-state index is 12.9. The second-order valence-corrected chi connectivity index (χ2v) is 6.52. The Hall–Kier alpha value is -2.32. The van der Waals surface area contributed by atoms with Crippen LogP contribution in [-0.2, 0) is 4.79 Å². The van der Waals surface area contributed by atoms with Crippen LogP contribution in [0.5, 0.6) is 0 Å². The van der Waals surface area contributed by atoms with Crippen LogP contribution >= 0.6 is 23.3 Å². The minimum Gasteiger partial charge on any atom is -0.300 e. The molecule has 0 unspecified atom stereocenters. The van der Waals surface area contributed by atoms with E-state index in [-0.39, 0.29) is 23.3 Å². The summed E-state index contributed by atoms with van der Waals surface area (Å²) in [7, 11) is 0. The van der Waals surface area contributed by atoms with Crippen molar-refractivity contribution < 1.29 is 13.6 Å². The molecule has 24 heavy (non-hydrogen) atoms. The number of hydrogen-bond donors (Lipinski definition) is 1. The quantitative estimate of drug-likeness (QED) is 0.690. The van der Waals surface area contributed by atoms with Crippen molar-refractivity contribution >= 4 is 34.3 Å². The number of carbonyl (C=O) groups is 1. The Kier molecular flexibility index (Phi) is 5.17. The van der Waals surface area contributed by atoms with Crippen molar-refractivity contribution in [2.45, 2.75) is 4.90 Å². The van der Waals surface area contributed by atoms with E-state index in [9.17, 15) is 13.6 Å². The van der Waals surface area contributed by atoms with Gasteiger partial charge in [0.1, 0.15) is 11.6 Å². The Morgan fingerprint density at radius 1 is 1.04 bits per heavy atom. The zero-order chi connectivity index (χ0) is 16.9. The highest BCUT2D eigenvalue weighted by Crippen LogP contribution is 2.22. The Bertz CT molecular complexity index is 835. The molecule has 0 atom stereocenters. The predicted molar refractivity (Wildman–Crippen MR) is 91.1 cm³/mol. The number of carbonyl (C=O) groups excluding carboxylic acids is 1. The predicted octanol–water partition coefficient (Wildman–Crippen LogP) is 4.21. The van der Waals surface area contributed by atoms with Crippen LogP contribution in [0.4, 0.5) is 13.9 Å². The standard InChI is InChI=1S/C16H11F2N3OS2/c17-11-3-1-10(2-4-11)15-20-16(24-21-15)19-14(22)9-23-13-7-5-12(18)6-8-13/h1-8H,9H2,(H,19,20,21,22). The van der Waals surface area contributed by atoms with Gasteiger partial charge in [0, 0.05) is 22.0 Å². The van der Waals surface area contributed by atoms with Crippen molar-refractivity contribution in [2.24, 2.45) is 0 Å². The van der Waals surface area contributed by atoms with E-state index in [1.165, 1.54) is 36.0 Å². The number of anilines is 1. The summed E-state index contributed by atoms with van der Waals surface area (Å²) in [6.07, 6.45) is 0. The number of halogens is 2. The van der Waals surface area contributed by atoms with Gasteiger partial charge in [0.25, 0.3) is 0 Å². The highest BCUT2D eigenvalue weighted by molar-refractivity contribution is 8.00. The van der Waals surface area contributed by atoms with E-state index in [0.717, 1.165) is 16.4 Å². The Morgan fingerprint density at radius 2 is 1.67 bits per heavy atom. The lowest BCUT2D eigenvalue weighted by Crippen LogP contribution is -2.13. The van der Waals surface area contributed by atoms with Gasteiger partial charge in [-0.25, -0.2) is 8.78 Å². The SMILES string of the molecule is O=C(CSc1ccc(F)cc1)Nc1nc(-c2ccc(F)cc2)ns1. The van der Waals surface area contributed by atoms with Crippen molar-refractivity contribution in [3.05, 3.63) is 60.2 Å². The van der Waals surface area contributed by atoms with Crippen molar-refractivity contribution in [1.82, 2.24) is 9.36 Å². The molecule has 0 bridgehead atoms. The first-order valence-electron chi connectivity index (χ1n) is 6.88. The highest BCUT2D eigenvalue weighted by Gasteiger charge is 2.10. The molecular weight excluding hydrogens is 352 g/mol. The number of aromatic nitrogens is 2. The molecular formula is C16H11F2N3OS2. The van der Waals surface area contributed by atoms with Gasteiger partial charge in [-0.1, -0.05) is 0 Å². The molecule has 1 heterocycles. The minimum atomic E-state index is -0.333. The van der Waals surface area contributed by atoms with E-state index in [1.54, 1.807) is 24.3 Å². The Balaban J connectivity index is 1.57. The molecule has 2 aromatic carbocycles. The summed E-state index contributed by atoms with van der Waals surface area (Å²) in [4.78, 5) is 16.9. The zero-order valence-corrected chi connectivity index (χ0v) is 13.8. The van der Waals surface area contributed by atoms with E-state index in [2.05, 4.69) is 14.7 Å². The summed E-state index contributed by atoms with van der Waals surface area (Å²) in [6, 6.07) is 11.7. The van der Waals surface area contributed by atoms with Crippen molar-refractivity contribution in [1.29, 1.82) is 0 Å². The zero-order valence-electron chi connectivity index (χ0n) is 12.2. The third kappa shape index (κ3) is 4.36. The minimum absolute atomic E-state index is 0.178. The van der Waals surface area contributed by atoms with Crippen molar-refractivity contribution in [3.8, 4) is 11.4 Å². The summed E-state index contributed by atoms with van der Waals surface area (Å²) in [6.45, 7) is 0. The van der Waals surface area contributed by atoms with Crippen LogP contribution in [0.1, 0.15) is 0 Å². The lowest BCUT2D eigenvalue weighted by molar-refractivity contribution is -0.113. The first-order valence-corrected chi connectivity index (χ1v) is 8.64. The molecule has 1 N–H and O–H groups in total. The molecule has 122 valence electrons. The van der Waals surface area contributed by atoms with E-state index < -0.39 is 0 Å². The molecule has 1 amide bonds. The van der Waals surface area contributed by atoms with Crippen LogP contribution in [0.25, 0.3) is 11.4 Å². The largest absolute Gasteiger partial charge is 0.300 e. The highest BCUT2D eigenvalue weighted by atomic mass is 32.2. The third-order valence-electron chi connectivity index (χ3n) is 2.96. The van der Waals surface area contributed by atoms with Gasteiger partial charge >= 0.3 is 0 Å². The van der Waals surface area contributed by atoms with E-state index in [0.29, 0.717) is 16.5 Å². The molecule has 0 aliphatic heterocycles. The maximum Gasteiger partial charge on any atom is 0.236 e. The average Bonchev–Trinajstić information content (AvgIpc) is 3.03. The van der Waals surface area contributed by atoms with Gasteiger partial charge in [-0.3, -0.25) is 10.1 Å². The Morgan fingerprint density at radius 3 is 2.33 bits per heavy atom. The van der Waals surface area contributed by atoms with Gasteiger partial charge in [0.05, 0.1) is 5.75 Å². The van der Waals surface area contributed by atoms with Crippen LogP contribution < -0.4 is 5.32 Å². The second kappa shape index (κ2) is 7.50. The smallest absolute Gasteiger partial charge is 0.236 e. The Labute approximate surface area is 145 Å². The number of nitrogens with one attached hydrogen (secondary N) is 1. The van der Waals surface area contributed by atoms with Gasteiger partial charge in [0.15, 0.2) is 5.82 Å². The number of hydrogen-bond acceptors (Lipinski definition) is 5. The molecule has 4 nitrogen and oxygen atoms in total. The van der Waals surface area contributed by atoms with Crippen LogP contribution in [0.15, 0.2) is 53.4 Å². The molecule has 3 rings (SSSR count). The second-order valence-electron chi connectivity index (χ2n) is 4.72. The van der Waals surface area contributed by atoms with Gasteiger partial charge in [-0.2, -0.15) is 9.36 Å². The van der Waals surface area contributed by atoms with Gasteiger partial charge < -0.3 is 0 Å². The number of thioether (sulfide) groups is 1. The van der Waals surface area contributed by atoms with Crippen LogP contribution in [-0.4, -0.2) is 21.0 Å². The van der Waals surface area contributed by atoms with Crippen LogP contribution in [0.2, 0.25) is 0 Å². The topological polar surface area (TPSA) is 54.9 Å². The normalized spacial score (nSPS) is 10.6. The molecule has 0 spiro atoms. The number of amides is 1. The lowest BCUT2D eigenvalue weighted by atomic mass is 10.2. The fraction of sp³-hybridized carbons (Fsp3) is 0.0625. The van der Waals surface area contributed by atoms with Crippen LogP contribution in [0.3, 0.4) is 0 Å². The van der Waals surface area contributed by atoms with Gasteiger partial charge in [0.2, 0.25) is 11.0 Å². The van der Waals surface area contributed by atoms with E-state index >= 15 is 0 Å². The fourth-order valence-electron chi connectivity index (χ4n) is 1.83. The average molecular weight is 363 g/mol. The first kappa shape index (κ1) is 16.5. The molecule has 0 saturated heterocycles. The summed E-state index contributed by atoms with van der Waals surface area (Å²) in [5, 5.41) is 3.04. The molecule has 0 fully saturated rings. The van der Waals surface area contributed by atoms with Crippen LogP contribution in [0, 0.1) is 11.6 Å². The molecule has 0 aliphatic rings. The molecule has 1 aromatic heterocycles. The molecule has 0 saturated carbocycles. The monoisotopic (exact) mass is 363 g/mol. The number of benzene rings is 2. The van der Waals surface area contributed by atoms with E-state index in [1.807, 2.05) is 0 Å². The summed E-state index contributed by atoms with van der Waals surface area (Å²) >= 11 is 2.35. The summed E-state index contributed by atoms with van der Waals surface area (Å²) in [5.74, 6) is -0.268. The molecule has 8 heteroatoms. The maximum atomic E-state index is 12.9. The first-order chi connectivity index (χ1) is 11.6. The number of nitrogens with zero attached hydrogens (tertiary/aromatic N) is 2. The van der Waals surface area contributed by atoms with Crippen molar-refractivity contribution in [2.75, 3.05) is 11.1 Å².